The van der Waals surface area contributed by atoms with Crippen molar-refractivity contribution in [1.29, 1.82) is 0 Å². The fourth-order valence-electron chi connectivity index (χ4n) is 3.81. The number of aliphatic hydroxyl groups is 1. The molecule has 10 heteroatoms. The maximum atomic E-state index is 14.9. The van der Waals surface area contributed by atoms with Crippen molar-refractivity contribution < 1.29 is 28.2 Å². The number of carbonyl (C=O) groups is 1. The molecule has 0 amide bonds. The molecule has 0 unspecified atom stereocenters. The van der Waals surface area contributed by atoms with Gasteiger partial charge in [0.05, 0.1) is 28.7 Å². The van der Waals surface area contributed by atoms with Crippen molar-refractivity contribution in [3.8, 4) is 5.69 Å². The normalized spacial score (nSPS) is 18.7. The van der Waals surface area contributed by atoms with Gasteiger partial charge in [-0.1, -0.05) is 6.92 Å². The predicted molar refractivity (Wildman–Crippen MR) is 108 cm³/mol. The third kappa shape index (κ3) is 3.38. The van der Waals surface area contributed by atoms with E-state index in [1.54, 1.807) is 11.8 Å². The van der Waals surface area contributed by atoms with Gasteiger partial charge in [-0.25, -0.2) is 18.0 Å². The van der Waals surface area contributed by atoms with Crippen LogP contribution in [0.1, 0.15) is 17.3 Å². The summed E-state index contributed by atoms with van der Waals surface area (Å²) >= 11 is 0. The van der Waals surface area contributed by atoms with Crippen LogP contribution in [0, 0.1) is 23.4 Å². The highest BCUT2D eigenvalue weighted by molar-refractivity contribution is 5.94. The smallest absolute Gasteiger partial charge is 0.341 e. The van der Waals surface area contributed by atoms with Crippen LogP contribution < -0.4 is 16.1 Å². The number of halogens is 3. The first-order valence-electron chi connectivity index (χ1n) is 9.38. The number of carboxylic acid groups (broad SMARTS) is 1. The Labute approximate surface area is 173 Å². The van der Waals surface area contributed by atoms with Gasteiger partial charge in [0.1, 0.15) is 23.0 Å². The summed E-state index contributed by atoms with van der Waals surface area (Å²) in [6, 6.07) is 3.67. The van der Waals surface area contributed by atoms with Gasteiger partial charge in [-0.2, -0.15) is 0 Å². The molecule has 4 rings (SSSR count). The fraction of sp³-hybridized carbons (Fsp3) is 0.238. The molecule has 0 radical (unpaired) electrons. The van der Waals surface area contributed by atoms with Gasteiger partial charge in [0.15, 0.2) is 0 Å². The lowest BCUT2D eigenvalue weighted by Crippen LogP contribution is -2.24. The first-order chi connectivity index (χ1) is 14.6. The molecule has 1 fully saturated rings. The van der Waals surface area contributed by atoms with Crippen LogP contribution in [0.25, 0.3) is 16.6 Å². The monoisotopic (exact) mass is 433 g/mol. The molecule has 1 saturated heterocycles. The molecule has 31 heavy (non-hydrogen) atoms. The molecule has 7 nitrogen and oxygen atoms in total. The summed E-state index contributed by atoms with van der Waals surface area (Å²) in [5.41, 5.74) is 3.26. The van der Waals surface area contributed by atoms with E-state index in [0.717, 1.165) is 22.9 Å². The first-order valence-corrected chi connectivity index (χ1v) is 9.38. The predicted octanol–water partition coefficient (Wildman–Crippen LogP) is 2.51. The van der Waals surface area contributed by atoms with Crippen molar-refractivity contribution in [3.05, 3.63) is 63.7 Å². The van der Waals surface area contributed by atoms with E-state index in [1.807, 2.05) is 0 Å². The summed E-state index contributed by atoms with van der Waals surface area (Å²) in [6.07, 6.45) is 0.215. The van der Waals surface area contributed by atoms with Gasteiger partial charge in [-0.3, -0.25) is 4.79 Å². The zero-order valence-corrected chi connectivity index (χ0v) is 16.3. The molecule has 0 saturated carbocycles. The van der Waals surface area contributed by atoms with Gasteiger partial charge in [-0.15, -0.1) is 0 Å². The summed E-state index contributed by atoms with van der Waals surface area (Å²) in [6.45, 7) is 2.30. The molecule has 0 bridgehead atoms. The molecule has 4 N–H and O–H groups in total. The third-order valence-corrected chi connectivity index (χ3v) is 5.54. The second kappa shape index (κ2) is 7.31. The molecule has 2 aromatic carbocycles. The van der Waals surface area contributed by atoms with Crippen molar-refractivity contribution in [3.63, 3.8) is 0 Å². The SMILES string of the molecule is C[C@H]1CN(c2cc3c(cc2F)c(=O)c(C(=O)O)cn3-c2cc(N)c(F)cc2F)C[C@H]1O. The molecule has 0 aliphatic carbocycles. The Kier molecular flexibility index (Phi) is 4.89. The van der Waals surface area contributed by atoms with Crippen LogP contribution in [0.15, 0.2) is 35.3 Å². The third-order valence-electron chi connectivity index (χ3n) is 5.54. The van der Waals surface area contributed by atoms with Gasteiger partial charge in [0, 0.05) is 36.7 Å². The number of anilines is 2. The second-order valence-electron chi connectivity index (χ2n) is 7.64. The lowest BCUT2D eigenvalue weighted by Gasteiger charge is -2.21. The van der Waals surface area contributed by atoms with Crippen molar-refractivity contribution in [2.75, 3.05) is 23.7 Å². The van der Waals surface area contributed by atoms with Crippen LogP contribution in [0.5, 0.6) is 0 Å². The van der Waals surface area contributed by atoms with Gasteiger partial charge in [0.25, 0.3) is 0 Å². The number of nitrogens with two attached hydrogens (primary N) is 1. The maximum absolute atomic E-state index is 14.9. The Morgan fingerprint density at radius 1 is 1.06 bits per heavy atom. The van der Waals surface area contributed by atoms with Crippen LogP contribution in [0.4, 0.5) is 24.5 Å². The number of aromatic carboxylic acids is 1. The number of aromatic nitrogens is 1. The number of nitrogens with zero attached hydrogens (tertiary/aromatic N) is 2. The number of hydrogen-bond acceptors (Lipinski definition) is 5. The quantitative estimate of drug-likeness (QED) is 0.548. The minimum Gasteiger partial charge on any atom is -0.477 e. The summed E-state index contributed by atoms with van der Waals surface area (Å²) in [7, 11) is 0. The van der Waals surface area contributed by atoms with E-state index in [1.165, 1.54) is 6.07 Å². The Morgan fingerprint density at radius 2 is 1.74 bits per heavy atom. The zero-order chi connectivity index (χ0) is 22.6. The number of pyridine rings is 1. The Bertz CT molecular complexity index is 1280. The number of β-amino-alcohol motifs (C(OH)–C–C–N with tert-alkyl or cyclic N) is 1. The number of rotatable bonds is 3. The summed E-state index contributed by atoms with van der Waals surface area (Å²) in [5.74, 6) is -4.56. The highest BCUT2D eigenvalue weighted by Gasteiger charge is 2.30. The zero-order valence-electron chi connectivity index (χ0n) is 16.3. The molecular weight excluding hydrogens is 415 g/mol. The lowest BCUT2D eigenvalue weighted by molar-refractivity contribution is 0.0695. The number of benzene rings is 2. The lowest BCUT2D eigenvalue weighted by atomic mass is 10.1. The first kappa shape index (κ1) is 20.7. The average molecular weight is 433 g/mol. The minimum absolute atomic E-state index is 0.00495. The van der Waals surface area contributed by atoms with Gasteiger partial charge in [0.2, 0.25) is 5.43 Å². The Hall–Kier alpha value is -3.53. The van der Waals surface area contributed by atoms with E-state index >= 15 is 0 Å². The molecule has 1 aliphatic heterocycles. The minimum atomic E-state index is -1.59. The number of aliphatic hydroxyl groups excluding tert-OH is 1. The van der Waals surface area contributed by atoms with E-state index in [9.17, 15) is 33.0 Å². The van der Waals surface area contributed by atoms with Crippen LogP contribution in [0.3, 0.4) is 0 Å². The van der Waals surface area contributed by atoms with Crippen LogP contribution >= 0.6 is 0 Å². The van der Waals surface area contributed by atoms with Gasteiger partial charge >= 0.3 is 5.97 Å². The topological polar surface area (TPSA) is 109 Å². The number of hydrogen-bond donors (Lipinski definition) is 3. The fourth-order valence-corrected chi connectivity index (χ4v) is 3.81. The average Bonchev–Trinajstić information content (AvgIpc) is 3.03. The van der Waals surface area contributed by atoms with E-state index < -0.39 is 40.5 Å². The van der Waals surface area contributed by atoms with Crippen LogP contribution in [0.2, 0.25) is 0 Å². The van der Waals surface area contributed by atoms with Crippen molar-refractivity contribution in [2.45, 2.75) is 13.0 Å². The van der Waals surface area contributed by atoms with Crippen LogP contribution in [-0.2, 0) is 0 Å². The molecule has 162 valence electrons. The molecular formula is C21H18F3N3O4. The Balaban J connectivity index is 2.05. The highest BCUT2D eigenvalue weighted by Crippen LogP contribution is 2.31. The molecule has 1 aromatic heterocycles. The van der Waals surface area contributed by atoms with Crippen molar-refractivity contribution in [1.82, 2.24) is 4.57 Å². The Morgan fingerprint density at radius 3 is 2.35 bits per heavy atom. The number of carboxylic acids is 1. The van der Waals surface area contributed by atoms with Crippen LogP contribution in [-0.4, -0.2) is 39.9 Å². The van der Waals surface area contributed by atoms with Crippen molar-refractivity contribution in [2.24, 2.45) is 5.92 Å². The van der Waals surface area contributed by atoms with E-state index in [2.05, 4.69) is 0 Å². The van der Waals surface area contributed by atoms with E-state index in [-0.39, 0.29) is 40.4 Å². The standard InChI is InChI=1S/C21H18F3N3O4/c1-9-6-26(8-19(9)28)17-5-16-10(2-13(17)23)20(29)11(21(30)31)7-27(16)18-4-15(25)12(22)3-14(18)24/h2-5,7,9,19,28H,6,8,25H2,1H3,(H,30,31)/t9-,19+/m0/s1. The van der Waals surface area contributed by atoms with Gasteiger partial charge < -0.3 is 25.4 Å². The molecule has 3 aromatic rings. The number of fused-ring (bicyclic) bond motifs is 1. The summed E-state index contributed by atoms with van der Waals surface area (Å²) in [5, 5.41) is 19.1. The highest BCUT2D eigenvalue weighted by atomic mass is 19.1. The number of nitrogen functional groups attached to an aromatic ring is 1. The second-order valence-corrected chi connectivity index (χ2v) is 7.64. The van der Waals surface area contributed by atoms with E-state index in [4.69, 9.17) is 5.73 Å². The molecule has 0 spiro atoms. The summed E-state index contributed by atoms with van der Waals surface area (Å²) in [4.78, 5) is 25.8. The van der Waals surface area contributed by atoms with Crippen molar-refractivity contribution >= 4 is 28.2 Å². The van der Waals surface area contributed by atoms with E-state index in [0.29, 0.717) is 12.6 Å². The molecule has 2 heterocycles. The van der Waals surface area contributed by atoms with Gasteiger partial charge in [-0.05, 0) is 18.2 Å². The largest absolute Gasteiger partial charge is 0.477 e. The summed E-state index contributed by atoms with van der Waals surface area (Å²) < 4.78 is 44.2. The molecule has 1 aliphatic rings. The molecule has 2 atom stereocenters. The maximum Gasteiger partial charge on any atom is 0.341 e.